The fourth-order valence-corrected chi connectivity index (χ4v) is 3.78. The van der Waals surface area contributed by atoms with Crippen LogP contribution in [-0.4, -0.2) is 36.2 Å². The van der Waals surface area contributed by atoms with Gasteiger partial charge in [0.05, 0.1) is 23.7 Å². The van der Waals surface area contributed by atoms with E-state index in [9.17, 15) is 4.79 Å². The molecule has 134 valence electrons. The maximum atomic E-state index is 12.3. The van der Waals surface area contributed by atoms with Gasteiger partial charge in [-0.2, -0.15) is 5.10 Å². The molecule has 1 aliphatic rings. The predicted octanol–water partition coefficient (Wildman–Crippen LogP) is 3.31. The zero-order valence-electron chi connectivity index (χ0n) is 14.3. The van der Waals surface area contributed by atoms with Crippen LogP contribution in [0.2, 0.25) is 0 Å². The number of hydrogen-bond acceptors (Lipinski definition) is 5. The molecule has 8 heteroatoms. The topological polar surface area (TPSA) is 77.6 Å². The number of carbonyl (C=O) groups is 1. The lowest BCUT2D eigenvalue weighted by atomic mass is 10.2. The summed E-state index contributed by atoms with van der Waals surface area (Å²) in [6, 6.07) is 12.0. The Morgan fingerprint density at radius 2 is 2.00 bits per heavy atom. The van der Waals surface area contributed by atoms with E-state index in [1.807, 2.05) is 41.1 Å². The first-order valence-electron chi connectivity index (χ1n) is 8.73. The van der Waals surface area contributed by atoms with Crippen LogP contribution in [0.15, 0.2) is 54.1 Å². The average Bonchev–Trinajstić information content (AvgIpc) is 3.42. The standard InChI is InChI=1S/C18H20N6OS/c25-17(21-16-10-11-20-24(16)15-8-4-5-9-15)12-26-18-19-13-23(22-18)14-6-2-1-3-7-14/h1-3,6-7,10-11,13,15H,4-5,8-9,12H2,(H,21,25). The summed E-state index contributed by atoms with van der Waals surface area (Å²) < 4.78 is 3.65. The minimum Gasteiger partial charge on any atom is -0.310 e. The Balaban J connectivity index is 1.34. The summed E-state index contributed by atoms with van der Waals surface area (Å²) in [7, 11) is 0. The molecular formula is C18H20N6OS. The van der Waals surface area contributed by atoms with Crippen molar-refractivity contribution < 1.29 is 4.79 Å². The van der Waals surface area contributed by atoms with Gasteiger partial charge in [-0.3, -0.25) is 4.79 Å². The van der Waals surface area contributed by atoms with Gasteiger partial charge in [-0.25, -0.2) is 14.3 Å². The molecular weight excluding hydrogens is 348 g/mol. The van der Waals surface area contributed by atoms with Gasteiger partial charge in [-0.05, 0) is 25.0 Å². The van der Waals surface area contributed by atoms with Gasteiger partial charge < -0.3 is 5.32 Å². The number of hydrogen-bond donors (Lipinski definition) is 1. The molecule has 1 amide bonds. The zero-order valence-corrected chi connectivity index (χ0v) is 15.1. The smallest absolute Gasteiger partial charge is 0.235 e. The van der Waals surface area contributed by atoms with E-state index >= 15 is 0 Å². The number of aromatic nitrogens is 5. The molecule has 2 heterocycles. The second-order valence-electron chi connectivity index (χ2n) is 6.24. The molecule has 0 radical (unpaired) electrons. The molecule has 1 fully saturated rings. The monoisotopic (exact) mass is 368 g/mol. The summed E-state index contributed by atoms with van der Waals surface area (Å²) in [5.41, 5.74) is 0.941. The number of thioether (sulfide) groups is 1. The Labute approximate surface area is 155 Å². The van der Waals surface area contributed by atoms with Crippen LogP contribution in [0.5, 0.6) is 0 Å². The molecule has 0 spiro atoms. The molecule has 0 atom stereocenters. The molecule has 1 aromatic carbocycles. The summed E-state index contributed by atoms with van der Waals surface area (Å²) in [6.07, 6.45) is 8.10. The van der Waals surface area contributed by atoms with Crippen LogP contribution in [-0.2, 0) is 4.79 Å². The number of carbonyl (C=O) groups excluding carboxylic acids is 1. The third-order valence-corrected chi connectivity index (χ3v) is 5.28. The normalized spacial score (nSPS) is 14.6. The maximum absolute atomic E-state index is 12.3. The van der Waals surface area contributed by atoms with Gasteiger partial charge in [-0.15, -0.1) is 5.10 Å². The fourth-order valence-electron chi connectivity index (χ4n) is 3.18. The summed E-state index contributed by atoms with van der Waals surface area (Å²) >= 11 is 1.32. The van der Waals surface area contributed by atoms with Crippen molar-refractivity contribution in [2.75, 3.05) is 11.1 Å². The number of amides is 1. The summed E-state index contributed by atoms with van der Waals surface area (Å²) in [5.74, 6) is 0.949. The van der Waals surface area contributed by atoms with E-state index in [-0.39, 0.29) is 11.7 Å². The van der Waals surface area contributed by atoms with Crippen molar-refractivity contribution in [1.29, 1.82) is 0 Å². The lowest BCUT2D eigenvalue weighted by molar-refractivity contribution is -0.113. The number of para-hydroxylation sites is 1. The van der Waals surface area contributed by atoms with Gasteiger partial charge in [-0.1, -0.05) is 42.8 Å². The second kappa shape index (κ2) is 7.74. The second-order valence-corrected chi connectivity index (χ2v) is 7.19. The van der Waals surface area contributed by atoms with Gasteiger partial charge >= 0.3 is 0 Å². The van der Waals surface area contributed by atoms with Crippen LogP contribution in [0.3, 0.4) is 0 Å². The summed E-state index contributed by atoms with van der Waals surface area (Å²) in [4.78, 5) is 16.6. The average molecular weight is 368 g/mol. The quantitative estimate of drug-likeness (QED) is 0.676. The van der Waals surface area contributed by atoms with Gasteiger partial charge in [0.1, 0.15) is 12.1 Å². The Morgan fingerprint density at radius 3 is 2.81 bits per heavy atom. The first-order valence-corrected chi connectivity index (χ1v) is 9.71. The van der Waals surface area contributed by atoms with Gasteiger partial charge in [0.2, 0.25) is 11.1 Å². The molecule has 1 saturated carbocycles. The zero-order chi connectivity index (χ0) is 17.8. The summed E-state index contributed by atoms with van der Waals surface area (Å²) in [6.45, 7) is 0. The molecule has 2 aromatic heterocycles. The van der Waals surface area contributed by atoms with Crippen LogP contribution in [0.1, 0.15) is 31.7 Å². The Morgan fingerprint density at radius 1 is 1.19 bits per heavy atom. The van der Waals surface area contributed by atoms with Crippen LogP contribution in [0, 0.1) is 0 Å². The van der Waals surface area contributed by atoms with Gasteiger partial charge in [0.25, 0.3) is 0 Å². The van der Waals surface area contributed by atoms with Crippen molar-refractivity contribution in [1.82, 2.24) is 24.5 Å². The minimum absolute atomic E-state index is 0.0780. The maximum Gasteiger partial charge on any atom is 0.235 e. The van der Waals surface area contributed by atoms with E-state index in [2.05, 4.69) is 20.5 Å². The number of nitrogens with zero attached hydrogens (tertiary/aromatic N) is 5. The predicted molar refractivity (Wildman–Crippen MR) is 100 cm³/mol. The Kier molecular flexibility index (Phi) is 5.01. The minimum atomic E-state index is -0.0780. The highest BCUT2D eigenvalue weighted by Gasteiger charge is 2.20. The SMILES string of the molecule is O=C(CSc1ncn(-c2ccccc2)n1)Nc1ccnn1C1CCCC1. The highest BCUT2D eigenvalue weighted by Crippen LogP contribution is 2.31. The van der Waals surface area contributed by atoms with Crippen molar-refractivity contribution in [3.8, 4) is 5.69 Å². The first kappa shape index (κ1) is 16.8. The van der Waals surface area contributed by atoms with Crippen molar-refractivity contribution in [2.45, 2.75) is 36.9 Å². The van der Waals surface area contributed by atoms with E-state index in [0.717, 1.165) is 24.3 Å². The van der Waals surface area contributed by atoms with Crippen molar-refractivity contribution in [3.63, 3.8) is 0 Å². The van der Waals surface area contributed by atoms with E-state index in [1.165, 1.54) is 24.6 Å². The molecule has 1 aliphatic carbocycles. The molecule has 1 N–H and O–H groups in total. The lowest BCUT2D eigenvalue weighted by Gasteiger charge is -2.14. The molecule has 4 rings (SSSR count). The molecule has 0 aliphatic heterocycles. The molecule has 7 nitrogen and oxygen atoms in total. The molecule has 3 aromatic rings. The third-order valence-electron chi connectivity index (χ3n) is 4.43. The number of anilines is 1. The van der Waals surface area contributed by atoms with Crippen LogP contribution in [0.4, 0.5) is 5.82 Å². The van der Waals surface area contributed by atoms with E-state index in [4.69, 9.17) is 0 Å². The van der Waals surface area contributed by atoms with E-state index in [1.54, 1.807) is 17.2 Å². The largest absolute Gasteiger partial charge is 0.310 e. The lowest BCUT2D eigenvalue weighted by Crippen LogP contribution is -2.19. The summed E-state index contributed by atoms with van der Waals surface area (Å²) in [5, 5.41) is 12.3. The van der Waals surface area contributed by atoms with Gasteiger partial charge in [0, 0.05) is 6.07 Å². The van der Waals surface area contributed by atoms with E-state index < -0.39 is 0 Å². The third kappa shape index (κ3) is 3.80. The Hall–Kier alpha value is -2.61. The number of rotatable bonds is 6. The van der Waals surface area contributed by atoms with Gasteiger partial charge in [0.15, 0.2) is 0 Å². The Bertz CT molecular complexity index is 869. The van der Waals surface area contributed by atoms with Crippen LogP contribution in [0.25, 0.3) is 5.69 Å². The van der Waals surface area contributed by atoms with Crippen LogP contribution >= 0.6 is 11.8 Å². The van der Waals surface area contributed by atoms with Crippen molar-refractivity contribution in [2.24, 2.45) is 0 Å². The van der Waals surface area contributed by atoms with Crippen molar-refractivity contribution in [3.05, 3.63) is 48.9 Å². The highest BCUT2D eigenvalue weighted by atomic mass is 32.2. The molecule has 26 heavy (non-hydrogen) atoms. The first-order chi connectivity index (χ1) is 12.8. The van der Waals surface area contributed by atoms with Crippen LogP contribution < -0.4 is 5.32 Å². The number of nitrogens with one attached hydrogen (secondary N) is 1. The fraction of sp³-hybridized carbons (Fsp3) is 0.333. The van der Waals surface area contributed by atoms with E-state index in [0.29, 0.717) is 11.2 Å². The number of benzene rings is 1. The van der Waals surface area contributed by atoms with Crippen molar-refractivity contribution >= 4 is 23.5 Å². The highest BCUT2D eigenvalue weighted by molar-refractivity contribution is 7.99. The molecule has 0 unspecified atom stereocenters. The molecule has 0 bridgehead atoms. The molecule has 0 saturated heterocycles.